The van der Waals surface area contributed by atoms with Crippen molar-refractivity contribution in [3.63, 3.8) is 0 Å². The first-order chi connectivity index (χ1) is 8.61. The summed E-state index contributed by atoms with van der Waals surface area (Å²) in [5, 5.41) is 4.14. The van der Waals surface area contributed by atoms with Crippen molar-refractivity contribution in [3.8, 4) is 11.5 Å². The van der Waals surface area contributed by atoms with Gasteiger partial charge in [0.2, 0.25) is 0 Å². The SMILES string of the molecule is CCn1cc(Oc2cccc(Br)c2C(N)=S)cn1. The lowest BCUT2D eigenvalue weighted by Gasteiger charge is -2.10. The third-order valence-electron chi connectivity index (χ3n) is 2.38. The van der Waals surface area contributed by atoms with E-state index in [1.807, 2.05) is 31.3 Å². The fraction of sp³-hybridized carbons (Fsp3) is 0.167. The Morgan fingerprint density at radius 3 is 2.94 bits per heavy atom. The molecule has 0 aliphatic carbocycles. The maximum Gasteiger partial charge on any atom is 0.165 e. The molecule has 0 spiro atoms. The number of nitrogens with two attached hydrogens (primary N) is 1. The highest BCUT2D eigenvalue weighted by Crippen LogP contribution is 2.30. The Morgan fingerprint density at radius 2 is 2.33 bits per heavy atom. The van der Waals surface area contributed by atoms with Crippen molar-refractivity contribution >= 4 is 33.1 Å². The van der Waals surface area contributed by atoms with Crippen molar-refractivity contribution in [2.45, 2.75) is 13.5 Å². The first-order valence-corrected chi connectivity index (χ1v) is 6.60. The van der Waals surface area contributed by atoms with Crippen LogP contribution in [0.15, 0.2) is 35.1 Å². The number of ether oxygens (including phenoxy) is 1. The second-order valence-corrected chi connectivity index (χ2v) is 4.91. The summed E-state index contributed by atoms with van der Waals surface area (Å²) in [5.41, 5.74) is 6.39. The number of benzene rings is 1. The summed E-state index contributed by atoms with van der Waals surface area (Å²) in [4.78, 5) is 0.292. The Balaban J connectivity index is 2.34. The lowest BCUT2D eigenvalue weighted by molar-refractivity contribution is 0.480. The molecule has 1 aromatic carbocycles. The number of thiocarbonyl (C=S) groups is 1. The molecule has 1 heterocycles. The van der Waals surface area contributed by atoms with E-state index in [9.17, 15) is 0 Å². The Labute approximate surface area is 119 Å². The number of aryl methyl sites for hydroxylation is 1. The van der Waals surface area contributed by atoms with Gasteiger partial charge in [-0.2, -0.15) is 5.10 Å². The van der Waals surface area contributed by atoms with Gasteiger partial charge in [-0.3, -0.25) is 4.68 Å². The molecule has 0 amide bonds. The van der Waals surface area contributed by atoms with Crippen molar-refractivity contribution in [1.82, 2.24) is 9.78 Å². The topological polar surface area (TPSA) is 53.1 Å². The van der Waals surface area contributed by atoms with Gasteiger partial charge in [-0.1, -0.05) is 18.3 Å². The van der Waals surface area contributed by atoms with Crippen LogP contribution in [0.5, 0.6) is 11.5 Å². The molecule has 0 aliphatic heterocycles. The van der Waals surface area contributed by atoms with E-state index in [1.54, 1.807) is 10.9 Å². The predicted molar refractivity (Wildman–Crippen MR) is 78.0 cm³/mol. The largest absolute Gasteiger partial charge is 0.453 e. The minimum atomic E-state index is 0.292. The molecule has 0 aliphatic rings. The van der Waals surface area contributed by atoms with Crippen LogP contribution in [0.25, 0.3) is 0 Å². The molecule has 18 heavy (non-hydrogen) atoms. The molecular formula is C12H12BrN3OS. The predicted octanol–water partition coefficient (Wildman–Crippen LogP) is 3.09. The maximum absolute atomic E-state index is 5.75. The zero-order valence-corrected chi connectivity index (χ0v) is 12.2. The summed E-state index contributed by atoms with van der Waals surface area (Å²) in [6.45, 7) is 2.81. The molecule has 0 fully saturated rings. The molecule has 6 heteroatoms. The molecule has 1 aromatic heterocycles. The highest BCUT2D eigenvalue weighted by molar-refractivity contribution is 9.10. The number of rotatable bonds is 4. The second-order valence-electron chi connectivity index (χ2n) is 3.61. The average molecular weight is 326 g/mol. The third kappa shape index (κ3) is 2.70. The summed E-state index contributed by atoms with van der Waals surface area (Å²) in [6.07, 6.45) is 3.48. The van der Waals surface area contributed by atoms with Crippen LogP contribution in [0.1, 0.15) is 12.5 Å². The van der Waals surface area contributed by atoms with Gasteiger partial charge in [0.15, 0.2) is 5.75 Å². The molecule has 2 rings (SSSR count). The second kappa shape index (κ2) is 5.49. The van der Waals surface area contributed by atoms with Crippen LogP contribution in [0.4, 0.5) is 0 Å². The highest BCUT2D eigenvalue weighted by Gasteiger charge is 2.12. The number of nitrogens with zero attached hydrogens (tertiary/aromatic N) is 2. The molecule has 0 saturated heterocycles. The van der Waals surface area contributed by atoms with Crippen LogP contribution in [0.3, 0.4) is 0 Å². The van der Waals surface area contributed by atoms with Gasteiger partial charge >= 0.3 is 0 Å². The third-order valence-corrected chi connectivity index (χ3v) is 3.25. The first-order valence-electron chi connectivity index (χ1n) is 5.40. The first kappa shape index (κ1) is 13.0. The minimum Gasteiger partial charge on any atom is -0.453 e. The van der Waals surface area contributed by atoms with E-state index in [2.05, 4.69) is 21.0 Å². The average Bonchev–Trinajstić information content (AvgIpc) is 2.76. The van der Waals surface area contributed by atoms with E-state index in [1.165, 1.54) is 0 Å². The van der Waals surface area contributed by atoms with Crippen LogP contribution in [0.2, 0.25) is 0 Å². The summed E-state index contributed by atoms with van der Waals surface area (Å²) >= 11 is 8.44. The molecule has 94 valence electrons. The number of halogens is 1. The Hall–Kier alpha value is -1.40. The Morgan fingerprint density at radius 1 is 1.56 bits per heavy atom. The highest BCUT2D eigenvalue weighted by atomic mass is 79.9. The Bertz CT molecular complexity index is 582. The molecule has 4 nitrogen and oxygen atoms in total. The maximum atomic E-state index is 5.75. The lowest BCUT2D eigenvalue weighted by Crippen LogP contribution is -2.11. The van der Waals surface area contributed by atoms with Crippen molar-refractivity contribution in [2.24, 2.45) is 5.73 Å². The fourth-order valence-corrected chi connectivity index (χ4v) is 2.43. The van der Waals surface area contributed by atoms with Gasteiger partial charge in [-0.05, 0) is 35.0 Å². The number of aromatic nitrogens is 2. The van der Waals surface area contributed by atoms with Crippen LogP contribution in [0, 0.1) is 0 Å². The smallest absolute Gasteiger partial charge is 0.165 e. The van der Waals surface area contributed by atoms with Gasteiger partial charge in [0.05, 0.1) is 18.0 Å². The molecule has 2 aromatic rings. The van der Waals surface area contributed by atoms with Crippen LogP contribution in [-0.4, -0.2) is 14.8 Å². The number of hydrogen-bond donors (Lipinski definition) is 1. The number of hydrogen-bond acceptors (Lipinski definition) is 3. The monoisotopic (exact) mass is 325 g/mol. The van der Waals surface area contributed by atoms with E-state index in [0.717, 1.165) is 11.0 Å². The summed E-state index contributed by atoms with van der Waals surface area (Å²) in [6, 6.07) is 5.56. The van der Waals surface area contributed by atoms with E-state index in [0.29, 0.717) is 22.1 Å². The minimum absolute atomic E-state index is 0.292. The van der Waals surface area contributed by atoms with E-state index in [-0.39, 0.29) is 0 Å². The van der Waals surface area contributed by atoms with Crippen LogP contribution >= 0.6 is 28.1 Å². The normalized spacial score (nSPS) is 10.3. The van der Waals surface area contributed by atoms with E-state index in [4.69, 9.17) is 22.7 Å². The molecule has 0 unspecified atom stereocenters. The zero-order valence-electron chi connectivity index (χ0n) is 9.76. The van der Waals surface area contributed by atoms with Crippen LogP contribution < -0.4 is 10.5 Å². The molecule has 0 saturated carbocycles. The molecule has 0 bridgehead atoms. The van der Waals surface area contributed by atoms with Gasteiger partial charge in [-0.15, -0.1) is 0 Å². The summed E-state index contributed by atoms with van der Waals surface area (Å²) < 4.78 is 8.35. The Kier molecular flexibility index (Phi) is 3.98. The quantitative estimate of drug-likeness (QED) is 0.877. The van der Waals surface area contributed by atoms with Gasteiger partial charge in [0, 0.05) is 11.0 Å². The lowest BCUT2D eigenvalue weighted by atomic mass is 10.2. The van der Waals surface area contributed by atoms with E-state index >= 15 is 0 Å². The van der Waals surface area contributed by atoms with Crippen molar-refractivity contribution in [1.29, 1.82) is 0 Å². The van der Waals surface area contributed by atoms with Crippen molar-refractivity contribution in [2.75, 3.05) is 0 Å². The molecule has 2 N–H and O–H groups in total. The molecule has 0 radical (unpaired) electrons. The van der Waals surface area contributed by atoms with Crippen LogP contribution in [-0.2, 0) is 6.54 Å². The molecular weight excluding hydrogens is 314 g/mol. The standard InChI is InChI=1S/C12H12BrN3OS/c1-2-16-7-8(6-15-16)17-10-5-3-4-9(13)11(10)12(14)18/h3-7H,2H2,1H3,(H2,14,18). The summed E-state index contributed by atoms with van der Waals surface area (Å²) in [7, 11) is 0. The van der Waals surface area contributed by atoms with Gasteiger partial charge in [0.25, 0.3) is 0 Å². The fourth-order valence-electron chi connectivity index (χ4n) is 1.53. The van der Waals surface area contributed by atoms with Crippen molar-refractivity contribution in [3.05, 3.63) is 40.6 Å². The van der Waals surface area contributed by atoms with Gasteiger partial charge in [-0.25, -0.2) is 0 Å². The summed E-state index contributed by atoms with van der Waals surface area (Å²) in [5.74, 6) is 1.28. The zero-order chi connectivity index (χ0) is 13.1. The van der Waals surface area contributed by atoms with Gasteiger partial charge < -0.3 is 10.5 Å². The van der Waals surface area contributed by atoms with Crippen molar-refractivity contribution < 1.29 is 4.74 Å². The van der Waals surface area contributed by atoms with E-state index < -0.39 is 0 Å². The van der Waals surface area contributed by atoms with Gasteiger partial charge in [0.1, 0.15) is 10.7 Å². The molecule has 0 atom stereocenters.